The van der Waals surface area contributed by atoms with Crippen molar-refractivity contribution in [2.45, 2.75) is 4.90 Å². The molecule has 0 unspecified atom stereocenters. The van der Waals surface area contributed by atoms with Gasteiger partial charge in [-0.2, -0.15) is 8.42 Å². The molecule has 1 aromatic carbocycles. The van der Waals surface area contributed by atoms with Gasteiger partial charge in [0.15, 0.2) is 0 Å². The Balaban J connectivity index is 0.00000253. The minimum atomic E-state index is -4.27. The molecule has 5 aliphatic heterocycles. The van der Waals surface area contributed by atoms with Gasteiger partial charge in [-0.3, -0.25) is 4.55 Å². The molecule has 0 saturated carbocycles. The van der Waals surface area contributed by atoms with E-state index in [4.69, 9.17) is 4.99 Å². The van der Waals surface area contributed by atoms with E-state index in [1.54, 1.807) is 12.1 Å². The number of nitrogens with zero attached hydrogens (tertiary/aromatic N) is 4. The SMILES string of the molecule is O=S(=O)(O)c1ccc(C2=CC3=CC4=NC(=CC5=NC(=CC6=NC(=CC2=N3)C=C6)C=C5)C=C4)cc1.[NaH]. The predicted molar refractivity (Wildman–Crippen MR) is 141 cm³/mol. The van der Waals surface area contributed by atoms with Crippen LogP contribution in [0.25, 0.3) is 5.57 Å². The second-order valence-electron chi connectivity index (χ2n) is 7.94. The topological polar surface area (TPSA) is 104 Å². The van der Waals surface area contributed by atoms with E-state index in [9.17, 15) is 13.0 Å². The van der Waals surface area contributed by atoms with Crippen molar-refractivity contribution in [2.24, 2.45) is 20.0 Å². The molecule has 0 atom stereocenters. The van der Waals surface area contributed by atoms with Gasteiger partial charge in [-0.05, 0) is 84.5 Å². The number of benzene rings is 1. The van der Waals surface area contributed by atoms with Gasteiger partial charge in [0.05, 0.1) is 50.5 Å². The maximum absolute atomic E-state index is 11.4. The summed E-state index contributed by atoms with van der Waals surface area (Å²) < 4.78 is 32.1. The van der Waals surface area contributed by atoms with Gasteiger partial charge in [-0.25, -0.2) is 20.0 Å². The van der Waals surface area contributed by atoms with Gasteiger partial charge >= 0.3 is 29.6 Å². The number of hydrogen-bond acceptors (Lipinski definition) is 6. The van der Waals surface area contributed by atoms with Crippen molar-refractivity contribution in [2.75, 3.05) is 0 Å². The van der Waals surface area contributed by atoms with Gasteiger partial charge in [0, 0.05) is 5.57 Å². The van der Waals surface area contributed by atoms with Gasteiger partial charge in [-0.15, -0.1) is 0 Å². The van der Waals surface area contributed by atoms with Crippen molar-refractivity contribution in [3.63, 3.8) is 0 Å². The van der Waals surface area contributed by atoms with Crippen LogP contribution in [0.1, 0.15) is 5.56 Å². The summed E-state index contributed by atoms with van der Waals surface area (Å²) in [6.45, 7) is 0. The average Bonchev–Trinajstić information content (AvgIpc) is 3.58. The Bertz CT molecular complexity index is 1640. The van der Waals surface area contributed by atoms with Crippen LogP contribution < -0.4 is 0 Å². The molecule has 6 rings (SSSR count). The molecule has 0 amide bonds. The summed E-state index contributed by atoms with van der Waals surface area (Å²) in [4.78, 5) is 18.5. The van der Waals surface area contributed by atoms with Crippen LogP contribution in [0, 0.1) is 0 Å². The third-order valence-electron chi connectivity index (χ3n) is 5.50. The van der Waals surface area contributed by atoms with Crippen molar-refractivity contribution in [1.29, 1.82) is 0 Å². The first-order chi connectivity index (χ1) is 16.4. The van der Waals surface area contributed by atoms with Crippen LogP contribution in [-0.4, -0.2) is 65.4 Å². The van der Waals surface area contributed by atoms with Crippen molar-refractivity contribution in [3.05, 3.63) is 119 Å². The number of rotatable bonds is 2. The minimum absolute atomic E-state index is 0. The zero-order chi connectivity index (χ0) is 23.3. The van der Waals surface area contributed by atoms with E-state index in [1.807, 2.05) is 66.8 Å². The first kappa shape index (κ1) is 23.5. The van der Waals surface area contributed by atoms with Gasteiger partial charge in [0.25, 0.3) is 10.1 Å². The van der Waals surface area contributed by atoms with E-state index >= 15 is 0 Å². The molecule has 5 heterocycles. The number of fused-ring (bicyclic) bond motifs is 4. The quantitative estimate of drug-likeness (QED) is 0.507. The van der Waals surface area contributed by atoms with Crippen LogP contribution in [0.4, 0.5) is 0 Å². The normalized spacial score (nSPS) is 19.6. The third kappa shape index (κ3) is 4.93. The van der Waals surface area contributed by atoms with Gasteiger partial charge in [-0.1, -0.05) is 12.1 Å². The summed E-state index contributed by atoms with van der Waals surface area (Å²) in [5.41, 5.74) is 7.71. The molecule has 5 aliphatic rings. The van der Waals surface area contributed by atoms with Gasteiger partial charge < -0.3 is 0 Å². The van der Waals surface area contributed by atoms with Gasteiger partial charge in [0.1, 0.15) is 0 Å². The fraction of sp³-hybridized carbons (Fsp3) is 0. The summed E-state index contributed by atoms with van der Waals surface area (Å²) in [5.74, 6) is 0. The van der Waals surface area contributed by atoms with Crippen LogP contribution >= 0.6 is 0 Å². The van der Waals surface area contributed by atoms with Crippen LogP contribution in [0.2, 0.25) is 0 Å². The van der Waals surface area contributed by atoms with Crippen LogP contribution in [0.15, 0.2) is 139 Å². The van der Waals surface area contributed by atoms with Gasteiger partial charge in [0.2, 0.25) is 0 Å². The third-order valence-corrected chi connectivity index (χ3v) is 6.37. The Labute approximate surface area is 224 Å². The summed E-state index contributed by atoms with van der Waals surface area (Å²) in [6.07, 6.45) is 21.1. The summed E-state index contributed by atoms with van der Waals surface area (Å²) in [5, 5.41) is 0. The molecule has 35 heavy (non-hydrogen) atoms. The number of aliphatic imine (C=N–C) groups is 4. The fourth-order valence-electron chi connectivity index (χ4n) is 3.94. The molecule has 8 bridgehead atoms. The number of hydrogen-bond donors (Lipinski definition) is 1. The molecule has 1 aromatic rings. The standard InChI is InChI=1S/C26H16N4O3S.Na.H/c31-34(32,33)24-9-1-16(2-10-24)25-14-23-13-21-6-5-19(28-21)11-17-3-4-18(27-17)12-20-7-8-22(29-20)15-26(25)30-23;;/h1-15H,(H,31,32,33);;. The molecule has 7 nitrogen and oxygen atoms in total. The summed E-state index contributed by atoms with van der Waals surface area (Å²) >= 11 is 0. The zero-order valence-corrected chi connectivity index (χ0v) is 18.4. The Hall–Kier alpha value is -3.27. The second-order valence-corrected chi connectivity index (χ2v) is 9.36. The maximum atomic E-state index is 11.4. The first-order valence-electron chi connectivity index (χ1n) is 10.4. The summed E-state index contributed by atoms with van der Waals surface area (Å²) in [7, 11) is -4.27. The van der Waals surface area contributed by atoms with E-state index in [1.165, 1.54) is 12.1 Å². The molecule has 0 spiro atoms. The average molecular weight is 489 g/mol. The number of allylic oxidation sites excluding steroid dienone is 12. The van der Waals surface area contributed by atoms with Crippen LogP contribution in [0.5, 0.6) is 0 Å². The van der Waals surface area contributed by atoms with Crippen LogP contribution in [-0.2, 0) is 10.1 Å². The Kier molecular flexibility index (Phi) is 6.08. The van der Waals surface area contributed by atoms with Crippen molar-refractivity contribution < 1.29 is 13.0 Å². The zero-order valence-electron chi connectivity index (χ0n) is 17.6. The molecule has 0 saturated heterocycles. The molecule has 0 aromatic heterocycles. The van der Waals surface area contributed by atoms with E-state index in [0.717, 1.165) is 45.4 Å². The van der Waals surface area contributed by atoms with E-state index in [0.29, 0.717) is 11.4 Å². The Morgan fingerprint density at radius 2 is 1.06 bits per heavy atom. The molecule has 0 aliphatic carbocycles. The van der Waals surface area contributed by atoms with E-state index in [-0.39, 0.29) is 34.5 Å². The van der Waals surface area contributed by atoms with E-state index < -0.39 is 10.1 Å². The molecule has 1 N–H and O–H groups in total. The van der Waals surface area contributed by atoms with Crippen molar-refractivity contribution in [3.8, 4) is 0 Å². The monoisotopic (exact) mass is 488 g/mol. The fourth-order valence-corrected chi connectivity index (χ4v) is 4.42. The molecule has 166 valence electrons. The van der Waals surface area contributed by atoms with E-state index in [2.05, 4.69) is 15.0 Å². The molecular formula is C26H17N4NaO3S. The predicted octanol–water partition coefficient (Wildman–Crippen LogP) is 3.70. The van der Waals surface area contributed by atoms with Crippen molar-refractivity contribution >= 4 is 68.1 Å². The molecule has 9 heteroatoms. The first-order valence-corrected chi connectivity index (χ1v) is 11.9. The molecule has 0 fully saturated rings. The Morgan fingerprint density at radius 1 is 0.571 bits per heavy atom. The Morgan fingerprint density at radius 3 is 1.57 bits per heavy atom. The van der Waals surface area contributed by atoms with Crippen molar-refractivity contribution in [1.82, 2.24) is 0 Å². The molecular weight excluding hydrogens is 471 g/mol. The summed E-state index contributed by atoms with van der Waals surface area (Å²) in [6, 6.07) is 6.03. The van der Waals surface area contributed by atoms with Crippen LogP contribution in [0.3, 0.4) is 0 Å². The molecule has 0 radical (unpaired) electrons. The second kappa shape index (κ2) is 9.07.